The molecule has 0 atom stereocenters. The van der Waals surface area contributed by atoms with E-state index in [0.29, 0.717) is 4.99 Å². The van der Waals surface area contributed by atoms with Crippen LogP contribution in [0, 0.1) is 5.92 Å². The zero-order chi connectivity index (χ0) is 13.0. The lowest BCUT2D eigenvalue weighted by Gasteiger charge is -2.31. The molecular formula is C15H22N2S. The lowest BCUT2D eigenvalue weighted by atomic mass is 9.94. The molecule has 2 rings (SSSR count). The fourth-order valence-electron chi connectivity index (χ4n) is 2.59. The Morgan fingerprint density at radius 3 is 2.39 bits per heavy atom. The van der Waals surface area contributed by atoms with Crippen molar-refractivity contribution in [1.82, 2.24) is 4.90 Å². The van der Waals surface area contributed by atoms with E-state index in [4.69, 9.17) is 18.0 Å². The van der Waals surface area contributed by atoms with Gasteiger partial charge in [0, 0.05) is 12.1 Å². The van der Waals surface area contributed by atoms with Crippen LogP contribution in [-0.4, -0.2) is 23.0 Å². The summed E-state index contributed by atoms with van der Waals surface area (Å²) in [4.78, 5) is 3.02. The number of rotatable bonds is 4. The van der Waals surface area contributed by atoms with Gasteiger partial charge >= 0.3 is 0 Å². The maximum atomic E-state index is 5.60. The summed E-state index contributed by atoms with van der Waals surface area (Å²) in [6.07, 6.45) is 4.03. The van der Waals surface area contributed by atoms with Gasteiger partial charge in [-0.3, -0.25) is 4.90 Å². The molecule has 0 bridgehead atoms. The Hall–Kier alpha value is -0.930. The van der Waals surface area contributed by atoms with Gasteiger partial charge in [0.05, 0.1) is 0 Å². The molecule has 0 unspecified atom stereocenters. The molecule has 0 aromatic heterocycles. The van der Waals surface area contributed by atoms with E-state index in [1.807, 2.05) is 12.1 Å². The average Bonchev–Trinajstić information content (AvgIpc) is 2.40. The first-order chi connectivity index (χ1) is 8.69. The molecule has 1 heterocycles. The van der Waals surface area contributed by atoms with Gasteiger partial charge in [0.25, 0.3) is 0 Å². The summed E-state index contributed by atoms with van der Waals surface area (Å²) in [5, 5.41) is 0. The number of nitrogens with zero attached hydrogens (tertiary/aromatic N) is 1. The summed E-state index contributed by atoms with van der Waals surface area (Å²) < 4.78 is 0. The largest absolute Gasteiger partial charge is 0.389 e. The van der Waals surface area contributed by atoms with Gasteiger partial charge in [0.15, 0.2) is 0 Å². The molecular weight excluding hydrogens is 240 g/mol. The maximum Gasteiger partial charge on any atom is 0.103 e. The van der Waals surface area contributed by atoms with Crippen LogP contribution in [-0.2, 0) is 6.54 Å². The summed E-state index contributed by atoms with van der Waals surface area (Å²) in [6.45, 7) is 5.81. The van der Waals surface area contributed by atoms with Crippen LogP contribution in [0.1, 0.15) is 37.3 Å². The van der Waals surface area contributed by atoms with Gasteiger partial charge in [-0.05, 0) is 37.4 Å². The van der Waals surface area contributed by atoms with E-state index < -0.39 is 0 Å². The highest BCUT2D eigenvalue weighted by molar-refractivity contribution is 7.80. The second-order valence-corrected chi connectivity index (χ2v) is 5.63. The topological polar surface area (TPSA) is 29.3 Å². The Balaban J connectivity index is 1.88. The van der Waals surface area contributed by atoms with Crippen molar-refractivity contribution in [2.75, 3.05) is 13.1 Å². The van der Waals surface area contributed by atoms with Gasteiger partial charge in [-0.25, -0.2) is 0 Å². The van der Waals surface area contributed by atoms with Gasteiger partial charge in [0.2, 0.25) is 0 Å². The van der Waals surface area contributed by atoms with Crippen molar-refractivity contribution in [3.63, 3.8) is 0 Å². The monoisotopic (exact) mass is 262 g/mol. The lowest BCUT2D eigenvalue weighted by molar-refractivity contribution is 0.175. The molecule has 1 fully saturated rings. The molecule has 3 heteroatoms. The third-order valence-electron chi connectivity index (χ3n) is 3.93. The van der Waals surface area contributed by atoms with E-state index in [9.17, 15) is 0 Å². The van der Waals surface area contributed by atoms with Crippen molar-refractivity contribution >= 4 is 17.2 Å². The minimum absolute atomic E-state index is 0.477. The first-order valence-electron chi connectivity index (χ1n) is 6.80. The minimum Gasteiger partial charge on any atom is -0.389 e. The van der Waals surface area contributed by atoms with Gasteiger partial charge in [-0.1, -0.05) is 49.8 Å². The lowest BCUT2D eigenvalue weighted by Crippen LogP contribution is -2.33. The molecule has 2 nitrogen and oxygen atoms in total. The number of thiocarbonyl (C=S) groups is 1. The van der Waals surface area contributed by atoms with Crippen LogP contribution >= 0.6 is 12.2 Å². The Morgan fingerprint density at radius 1 is 1.28 bits per heavy atom. The van der Waals surface area contributed by atoms with E-state index >= 15 is 0 Å². The Bertz CT molecular complexity index is 391. The zero-order valence-corrected chi connectivity index (χ0v) is 11.9. The summed E-state index contributed by atoms with van der Waals surface area (Å²) in [7, 11) is 0. The van der Waals surface area contributed by atoms with Crippen molar-refractivity contribution < 1.29 is 0 Å². The number of hydrogen-bond acceptors (Lipinski definition) is 2. The van der Waals surface area contributed by atoms with E-state index in [-0.39, 0.29) is 0 Å². The second-order valence-electron chi connectivity index (χ2n) is 5.19. The third kappa shape index (κ3) is 3.53. The first-order valence-corrected chi connectivity index (χ1v) is 7.21. The van der Waals surface area contributed by atoms with Crippen LogP contribution < -0.4 is 5.73 Å². The highest BCUT2D eigenvalue weighted by Crippen LogP contribution is 2.21. The predicted octanol–water partition coefficient (Wildman–Crippen LogP) is 2.94. The summed E-state index contributed by atoms with van der Waals surface area (Å²) in [5.41, 5.74) is 7.91. The molecule has 18 heavy (non-hydrogen) atoms. The number of benzene rings is 1. The minimum atomic E-state index is 0.477. The summed E-state index contributed by atoms with van der Waals surface area (Å²) in [6, 6.07) is 8.33. The third-order valence-corrected chi connectivity index (χ3v) is 4.16. The maximum absolute atomic E-state index is 5.60. The first kappa shape index (κ1) is 13.5. The smallest absolute Gasteiger partial charge is 0.103 e. The Labute approximate surface area is 115 Å². The molecule has 1 aromatic rings. The van der Waals surface area contributed by atoms with Crippen LogP contribution in [0.5, 0.6) is 0 Å². The standard InChI is InChI=1S/C15H22N2S/c1-2-12-7-9-17(10-8-12)11-13-3-5-14(6-4-13)15(16)18/h3-6,12H,2,7-11H2,1H3,(H2,16,18). The second kappa shape index (κ2) is 6.30. The zero-order valence-electron chi connectivity index (χ0n) is 11.1. The van der Waals surface area contributed by atoms with E-state index in [1.165, 1.54) is 37.9 Å². The molecule has 2 N–H and O–H groups in total. The van der Waals surface area contributed by atoms with Crippen LogP contribution in [0.25, 0.3) is 0 Å². The normalized spacial score (nSPS) is 17.8. The molecule has 0 radical (unpaired) electrons. The van der Waals surface area contributed by atoms with E-state index in [0.717, 1.165) is 18.0 Å². The molecule has 1 aliphatic rings. The molecule has 0 spiro atoms. The Kier molecular flexibility index (Phi) is 4.72. The molecule has 1 aromatic carbocycles. The van der Waals surface area contributed by atoms with Crippen molar-refractivity contribution in [2.24, 2.45) is 11.7 Å². The van der Waals surface area contributed by atoms with Crippen LogP contribution in [0.2, 0.25) is 0 Å². The van der Waals surface area contributed by atoms with E-state index in [2.05, 4.69) is 24.0 Å². The van der Waals surface area contributed by atoms with Gasteiger partial charge in [-0.2, -0.15) is 0 Å². The number of nitrogens with two attached hydrogens (primary N) is 1. The highest BCUT2D eigenvalue weighted by Gasteiger charge is 2.17. The summed E-state index contributed by atoms with van der Waals surface area (Å²) in [5.74, 6) is 0.943. The molecule has 0 amide bonds. The number of likely N-dealkylation sites (tertiary alicyclic amines) is 1. The quantitative estimate of drug-likeness (QED) is 0.846. The molecule has 0 saturated carbocycles. The van der Waals surface area contributed by atoms with Crippen molar-refractivity contribution in [3.05, 3.63) is 35.4 Å². The molecule has 0 aliphatic carbocycles. The highest BCUT2D eigenvalue weighted by atomic mass is 32.1. The van der Waals surface area contributed by atoms with Crippen LogP contribution in [0.3, 0.4) is 0 Å². The van der Waals surface area contributed by atoms with Gasteiger partial charge in [-0.15, -0.1) is 0 Å². The SMILES string of the molecule is CCC1CCN(Cc2ccc(C(N)=S)cc2)CC1. The Morgan fingerprint density at radius 2 is 1.89 bits per heavy atom. The fraction of sp³-hybridized carbons (Fsp3) is 0.533. The summed E-state index contributed by atoms with van der Waals surface area (Å²) >= 11 is 4.96. The van der Waals surface area contributed by atoms with E-state index in [1.54, 1.807) is 0 Å². The molecule has 1 aliphatic heterocycles. The fourth-order valence-corrected chi connectivity index (χ4v) is 2.72. The van der Waals surface area contributed by atoms with Gasteiger partial charge < -0.3 is 5.73 Å². The van der Waals surface area contributed by atoms with Gasteiger partial charge in [0.1, 0.15) is 4.99 Å². The van der Waals surface area contributed by atoms with Crippen molar-refractivity contribution in [1.29, 1.82) is 0 Å². The average molecular weight is 262 g/mol. The molecule has 98 valence electrons. The number of hydrogen-bond donors (Lipinski definition) is 1. The predicted molar refractivity (Wildman–Crippen MR) is 80.6 cm³/mol. The number of piperidine rings is 1. The van der Waals surface area contributed by atoms with Crippen LogP contribution in [0.4, 0.5) is 0 Å². The van der Waals surface area contributed by atoms with Crippen molar-refractivity contribution in [3.8, 4) is 0 Å². The van der Waals surface area contributed by atoms with Crippen molar-refractivity contribution in [2.45, 2.75) is 32.7 Å². The molecule has 1 saturated heterocycles. The van der Waals surface area contributed by atoms with Crippen LogP contribution in [0.15, 0.2) is 24.3 Å².